The number of ether oxygens (including phenoxy) is 1. The molecule has 0 saturated heterocycles. The van der Waals surface area contributed by atoms with Crippen LogP contribution in [0, 0.1) is 19.8 Å². The van der Waals surface area contributed by atoms with E-state index in [1.165, 1.54) is 42.4 Å². The molecule has 0 bridgehead atoms. The summed E-state index contributed by atoms with van der Waals surface area (Å²) in [4.78, 5) is 0. The van der Waals surface area contributed by atoms with Crippen molar-refractivity contribution in [1.29, 1.82) is 0 Å². The van der Waals surface area contributed by atoms with E-state index in [0.29, 0.717) is 6.04 Å². The molecule has 1 atom stereocenters. The average Bonchev–Trinajstić information content (AvgIpc) is 2.96. The molecule has 118 valence electrons. The van der Waals surface area contributed by atoms with Crippen LogP contribution in [-0.2, 0) is 4.74 Å². The lowest BCUT2D eigenvalue weighted by molar-refractivity contribution is 0.0826. The zero-order chi connectivity index (χ0) is 15.1. The minimum absolute atomic E-state index is 0.326. The first-order valence-electron chi connectivity index (χ1n) is 8.59. The van der Waals surface area contributed by atoms with Crippen LogP contribution in [0.1, 0.15) is 61.8 Å². The van der Waals surface area contributed by atoms with Crippen LogP contribution < -0.4 is 5.32 Å². The van der Waals surface area contributed by atoms with E-state index in [9.17, 15) is 0 Å². The largest absolute Gasteiger partial charge is 0.379 e. The lowest BCUT2D eigenvalue weighted by Crippen LogP contribution is -2.27. The molecule has 1 N–H and O–H groups in total. The summed E-state index contributed by atoms with van der Waals surface area (Å²) in [6.07, 6.45) is 6.66. The molecule has 1 aliphatic rings. The summed E-state index contributed by atoms with van der Waals surface area (Å²) < 4.78 is 6.05. The van der Waals surface area contributed by atoms with Crippen molar-refractivity contribution >= 4 is 0 Å². The van der Waals surface area contributed by atoms with E-state index >= 15 is 0 Å². The Kier molecular flexibility index (Phi) is 6.72. The van der Waals surface area contributed by atoms with Gasteiger partial charge in [-0.05, 0) is 56.7 Å². The van der Waals surface area contributed by atoms with E-state index < -0.39 is 0 Å². The van der Waals surface area contributed by atoms with Gasteiger partial charge in [0.1, 0.15) is 0 Å². The number of benzene rings is 1. The quantitative estimate of drug-likeness (QED) is 0.758. The van der Waals surface area contributed by atoms with Gasteiger partial charge in [0.2, 0.25) is 0 Å². The fourth-order valence-corrected chi connectivity index (χ4v) is 3.32. The third kappa shape index (κ3) is 5.12. The van der Waals surface area contributed by atoms with Crippen molar-refractivity contribution in [2.75, 3.05) is 19.8 Å². The topological polar surface area (TPSA) is 21.3 Å². The van der Waals surface area contributed by atoms with E-state index in [1.54, 1.807) is 0 Å². The van der Waals surface area contributed by atoms with Gasteiger partial charge in [0.25, 0.3) is 0 Å². The number of aryl methyl sites for hydroxylation is 2. The summed E-state index contributed by atoms with van der Waals surface area (Å²) >= 11 is 0. The van der Waals surface area contributed by atoms with Crippen molar-refractivity contribution in [3.8, 4) is 0 Å². The second-order valence-corrected chi connectivity index (χ2v) is 6.55. The maximum atomic E-state index is 6.05. The lowest BCUT2D eigenvalue weighted by atomic mass is 9.99. The van der Waals surface area contributed by atoms with Crippen LogP contribution in [0.15, 0.2) is 18.2 Å². The van der Waals surface area contributed by atoms with Gasteiger partial charge in [-0.3, -0.25) is 0 Å². The summed E-state index contributed by atoms with van der Waals surface area (Å²) in [5.74, 6) is 0.802. The monoisotopic (exact) mass is 289 g/mol. The number of rotatable bonds is 8. The van der Waals surface area contributed by atoms with E-state index in [0.717, 1.165) is 32.1 Å². The van der Waals surface area contributed by atoms with E-state index in [2.05, 4.69) is 44.3 Å². The highest BCUT2D eigenvalue weighted by Gasteiger charge is 2.17. The summed E-state index contributed by atoms with van der Waals surface area (Å²) in [5.41, 5.74) is 4.09. The van der Waals surface area contributed by atoms with Gasteiger partial charge in [0.15, 0.2) is 0 Å². The first-order chi connectivity index (χ1) is 10.2. The van der Waals surface area contributed by atoms with Crippen LogP contribution in [0.5, 0.6) is 0 Å². The Morgan fingerprint density at radius 3 is 2.67 bits per heavy atom. The first kappa shape index (κ1) is 16.5. The lowest BCUT2D eigenvalue weighted by Gasteiger charge is -2.22. The van der Waals surface area contributed by atoms with Gasteiger partial charge in [-0.1, -0.05) is 43.5 Å². The maximum Gasteiger partial charge on any atom is 0.0661 e. The molecule has 2 rings (SSSR count). The zero-order valence-corrected chi connectivity index (χ0v) is 14.0. The van der Waals surface area contributed by atoms with Crippen LogP contribution in [-0.4, -0.2) is 19.8 Å². The maximum absolute atomic E-state index is 6.05. The van der Waals surface area contributed by atoms with Crippen molar-refractivity contribution in [3.63, 3.8) is 0 Å². The van der Waals surface area contributed by atoms with Gasteiger partial charge in [-0.2, -0.15) is 0 Å². The summed E-state index contributed by atoms with van der Waals surface area (Å²) in [7, 11) is 0. The fraction of sp³-hybridized carbons (Fsp3) is 0.684. The van der Waals surface area contributed by atoms with Gasteiger partial charge in [0.05, 0.1) is 12.6 Å². The van der Waals surface area contributed by atoms with Crippen LogP contribution in [0.4, 0.5) is 0 Å². The highest BCUT2D eigenvalue weighted by atomic mass is 16.5. The molecule has 0 aliphatic heterocycles. The molecular weight excluding hydrogens is 258 g/mol. The molecule has 1 saturated carbocycles. The average molecular weight is 289 g/mol. The number of hydrogen-bond acceptors (Lipinski definition) is 2. The molecule has 1 aromatic carbocycles. The molecule has 0 spiro atoms. The van der Waals surface area contributed by atoms with Crippen LogP contribution >= 0.6 is 0 Å². The van der Waals surface area contributed by atoms with Crippen molar-refractivity contribution in [1.82, 2.24) is 5.32 Å². The smallest absolute Gasteiger partial charge is 0.0661 e. The number of hydrogen-bond donors (Lipinski definition) is 1. The van der Waals surface area contributed by atoms with Crippen molar-refractivity contribution < 1.29 is 4.74 Å². The van der Waals surface area contributed by atoms with Crippen molar-refractivity contribution in [2.45, 2.75) is 58.9 Å². The molecular formula is C19H31NO. The summed E-state index contributed by atoms with van der Waals surface area (Å²) in [5, 5.41) is 3.65. The van der Waals surface area contributed by atoms with E-state index in [-0.39, 0.29) is 0 Å². The second-order valence-electron chi connectivity index (χ2n) is 6.55. The molecule has 1 unspecified atom stereocenters. The predicted octanol–water partition coefficient (Wildman–Crippen LogP) is 4.55. The molecule has 1 fully saturated rings. The Labute approximate surface area is 130 Å². The van der Waals surface area contributed by atoms with E-state index in [4.69, 9.17) is 4.74 Å². The van der Waals surface area contributed by atoms with Gasteiger partial charge in [0, 0.05) is 6.61 Å². The van der Waals surface area contributed by atoms with Gasteiger partial charge < -0.3 is 10.1 Å². The minimum atomic E-state index is 0.326. The molecule has 21 heavy (non-hydrogen) atoms. The molecule has 2 nitrogen and oxygen atoms in total. The SMILES string of the molecule is CCCNC(COCC1CCCC1)c1ccc(C)cc1C. The van der Waals surface area contributed by atoms with Crippen molar-refractivity contribution in [3.05, 3.63) is 34.9 Å². The number of nitrogens with one attached hydrogen (secondary N) is 1. The molecule has 2 heteroatoms. The Balaban J connectivity index is 1.92. The Bertz CT molecular complexity index is 424. The van der Waals surface area contributed by atoms with Crippen LogP contribution in [0.3, 0.4) is 0 Å². The van der Waals surface area contributed by atoms with Gasteiger partial charge in [-0.25, -0.2) is 0 Å². The highest BCUT2D eigenvalue weighted by molar-refractivity contribution is 5.32. The Morgan fingerprint density at radius 1 is 1.24 bits per heavy atom. The molecule has 1 aromatic rings. The first-order valence-corrected chi connectivity index (χ1v) is 8.59. The molecule has 0 amide bonds. The zero-order valence-electron chi connectivity index (χ0n) is 14.0. The summed E-state index contributed by atoms with van der Waals surface area (Å²) in [6.45, 7) is 9.35. The van der Waals surface area contributed by atoms with Gasteiger partial charge in [-0.15, -0.1) is 0 Å². The van der Waals surface area contributed by atoms with Crippen LogP contribution in [0.25, 0.3) is 0 Å². The fourth-order valence-electron chi connectivity index (χ4n) is 3.32. The van der Waals surface area contributed by atoms with Gasteiger partial charge >= 0.3 is 0 Å². The third-order valence-corrected chi connectivity index (χ3v) is 4.55. The molecule has 0 radical (unpaired) electrons. The third-order valence-electron chi connectivity index (χ3n) is 4.55. The van der Waals surface area contributed by atoms with E-state index in [1.807, 2.05) is 0 Å². The Hall–Kier alpha value is -0.860. The minimum Gasteiger partial charge on any atom is -0.379 e. The summed E-state index contributed by atoms with van der Waals surface area (Å²) in [6, 6.07) is 7.07. The van der Waals surface area contributed by atoms with Crippen LogP contribution in [0.2, 0.25) is 0 Å². The van der Waals surface area contributed by atoms with Crippen molar-refractivity contribution in [2.24, 2.45) is 5.92 Å². The molecule has 0 heterocycles. The highest BCUT2D eigenvalue weighted by Crippen LogP contribution is 2.25. The second kappa shape index (κ2) is 8.55. The molecule has 1 aliphatic carbocycles. The Morgan fingerprint density at radius 2 is 2.00 bits per heavy atom. The molecule has 0 aromatic heterocycles. The predicted molar refractivity (Wildman–Crippen MR) is 89.7 cm³/mol. The standard InChI is InChI=1S/C19H31NO/c1-4-11-20-19(14-21-13-17-7-5-6-8-17)18-10-9-15(2)12-16(18)3/h9-10,12,17,19-20H,4-8,11,13-14H2,1-3H3. The normalized spacial score (nSPS) is 17.3.